The normalized spacial score (nSPS) is 10.2. The molecule has 0 spiro atoms. The smallest absolute Gasteiger partial charge is 0.433 e. The fourth-order valence-electron chi connectivity index (χ4n) is 1.51. The molecule has 0 saturated heterocycles. The second-order valence-corrected chi connectivity index (χ2v) is 4.96. The van der Waals surface area contributed by atoms with Gasteiger partial charge in [-0.15, -0.1) is 0 Å². The predicted molar refractivity (Wildman–Crippen MR) is 80.7 cm³/mol. The SMILES string of the molecule is O=C(COC(=O)c1ccc([N+](=O)[O-])o1)Nc1ccc(Cl)c(Cl)c1. The Morgan fingerprint density at radius 2 is 1.96 bits per heavy atom. The molecule has 2 rings (SSSR count). The summed E-state index contributed by atoms with van der Waals surface area (Å²) in [6.07, 6.45) is 0. The lowest BCUT2D eigenvalue weighted by Crippen LogP contribution is -2.20. The Kier molecular flexibility index (Phi) is 5.20. The molecule has 1 N–H and O–H groups in total. The minimum absolute atomic E-state index is 0.254. The van der Waals surface area contributed by atoms with Crippen LogP contribution in [0.3, 0.4) is 0 Å². The average Bonchev–Trinajstić information content (AvgIpc) is 2.99. The zero-order chi connectivity index (χ0) is 17.0. The molecule has 2 aromatic rings. The van der Waals surface area contributed by atoms with Crippen molar-refractivity contribution in [3.8, 4) is 0 Å². The van der Waals surface area contributed by atoms with Gasteiger partial charge in [-0.25, -0.2) is 4.79 Å². The number of carbonyl (C=O) groups is 2. The van der Waals surface area contributed by atoms with Gasteiger partial charge in [0.2, 0.25) is 5.76 Å². The van der Waals surface area contributed by atoms with Gasteiger partial charge >= 0.3 is 11.9 Å². The van der Waals surface area contributed by atoms with Gasteiger partial charge in [0.15, 0.2) is 6.61 Å². The number of esters is 1. The summed E-state index contributed by atoms with van der Waals surface area (Å²) in [5.41, 5.74) is 0.370. The van der Waals surface area contributed by atoms with E-state index in [4.69, 9.17) is 23.2 Å². The first-order valence-corrected chi connectivity index (χ1v) is 6.78. The van der Waals surface area contributed by atoms with Crippen LogP contribution in [-0.4, -0.2) is 23.4 Å². The standard InChI is InChI=1S/C13H8Cl2N2O6/c14-8-2-1-7(5-9(8)15)16-11(18)6-22-13(19)10-3-4-12(23-10)17(20)21/h1-5H,6H2,(H,16,18). The number of anilines is 1. The maximum atomic E-state index is 11.7. The summed E-state index contributed by atoms with van der Waals surface area (Å²) in [4.78, 5) is 32.9. The summed E-state index contributed by atoms with van der Waals surface area (Å²) in [5.74, 6) is -2.60. The van der Waals surface area contributed by atoms with E-state index in [1.807, 2.05) is 0 Å². The topological polar surface area (TPSA) is 112 Å². The van der Waals surface area contributed by atoms with E-state index in [9.17, 15) is 19.7 Å². The quantitative estimate of drug-likeness (QED) is 0.498. The number of rotatable bonds is 5. The van der Waals surface area contributed by atoms with Gasteiger partial charge in [-0.05, 0) is 24.3 Å². The van der Waals surface area contributed by atoms with E-state index in [2.05, 4.69) is 14.5 Å². The van der Waals surface area contributed by atoms with E-state index >= 15 is 0 Å². The highest BCUT2D eigenvalue weighted by atomic mass is 35.5. The molecule has 0 aliphatic heterocycles. The van der Waals surface area contributed by atoms with Gasteiger partial charge in [0.05, 0.1) is 16.1 Å². The van der Waals surface area contributed by atoms with E-state index in [1.54, 1.807) is 0 Å². The Labute approximate surface area is 139 Å². The Hall–Kier alpha value is -2.58. The first kappa shape index (κ1) is 16.8. The van der Waals surface area contributed by atoms with Gasteiger partial charge < -0.3 is 14.5 Å². The molecule has 0 fully saturated rings. The number of hydrogen-bond donors (Lipinski definition) is 1. The van der Waals surface area contributed by atoms with Crippen LogP contribution in [-0.2, 0) is 9.53 Å². The van der Waals surface area contributed by atoms with Crippen LogP contribution in [0.25, 0.3) is 0 Å². The third-order valence-electron chi connectivity index (χ3n) is 2.51. The number of amides is 1. The van der Waals surface area contributed by atoms with Gasteiger partial charge in [-0.1, -0.05) is 23.2 Å². The lowest BCUT2D eigenvalue weighted by atomic mass is 10.3. The molecule has 0 saturated carbocycles. The zero-order valence-electron chi connectivity index (χ0n) is 11.2. The minimum atomic E-state index is -0.998. The Morgan fingerprint density at radius 3 is 2.57 bits per heavy atom. The number of nitro groups is 1. The summed E-state index contributed by atoms with van der Waals surface area (Å²) in [7, 11) is 0. The van der Waals surface area contributed by atoms with Crippen molar-refractivity contribution in [3.63, 3.8) is 0 Å². The van der Waals surface area contributed by atoms with Crippen LogP contribution < -0.4 is 5.32 Å². The molecular formula is C13H8Cl2N2O6. The number of nitrogens with one attached hydrogen (secondary N) is 1. The van der Waals surface area contributed by atoms with Crippen LogP contribution in [0.15, 0.2) is 34.7 Å². The van der Waals surface area contributed by atoms with Crippen molar-refractivity contribution < 1.29 is 23.7 Å². The van der Waals surface area contributed by atoms with E-state index in [0.717, 1.165) is 12.1 Å². The van der Waals surface area contributed by atoms with Gasteiger partial charge in [-0.2, -0.15) is 0 Å². The fraction of sp³-hybridized carbons (Fsp3) is 0.0769. The maximum Gasteiger partial charge on any atom is 0.433 e. The Morgan fingerprint density at radius 1 is 1.22 bits per heavy atom. The number of hydrogen-bond acceptors (Lipinski definition) is 6. The molecular weight excluding hydrogens is 351 g/mol. The fourth-order valence-corrected chi connectivity index (χ4v) is 1.81. The van der Waals surface area contributed by atoms with Crippen molar-refractivity contribution in [1.29, 1.82) is 0 Å². The number of furan rings is 1. The number of ether oxygens (including phenoxy) is 1. The van der Waals surface area contributed by atoms with Crippen molar-refractivity contribution in [3.05, 3.63) is 56.3 Å². The summed E-state index contributed by atoms with van der Waals surface area (Å²) in [5, 5.41) is 13.5. The third-order valence-corrected chi connectivity index (χ3v) is 3.25. The number of halogens is 2. The maximum absolute atomic E-state index is 11.7. The molecule has 0 bridgehead atoms. The molecule has 8 nitrogen and oxygen atoms in total. The van der Waals surface area contributed by atoms with Crippen molar-refractivity contribution >= 4 is 46.6 Å². The van der Waals surface area contributed by atoms with Gasteiger partial charge in [-0.3, -0.25) is 14.9 Å². The van der Waals surface area contributed by atoms with Gasteiger partial charge in [0, 0.05) is 5.69 Å². The highest BCUT2D eigenvalue weighted by molar-refractivity contribution is 6.42. The zero-order valence-corrected chi connectivity index (χ0v) is 12.8. The molecule has 1 amide bonds. The highest BCUT2D eigenvalue weighted by Crippen LogP contribution is 2.25. The number of carbonyl (C=O) groups excluding carboxylic acids is 2. The largest absolute Gasteiger partial charge is 0.450 e. The van der Waals surface area contributed by atoms with Crippen LogP contribution in [0.5, 0.6) is 0 Å². The molecule has 1 aromatic heterocycles. The van der Waals surface area contributed by atoms with Crippen LogP contribution in [0.1, 0.15) is 10.6 Å². The van der Waals surface area contributed by atoms with E-state index in [0.29, 0.717) is 10.7 Å². The van der Waals surface area contributed by atoms with Crippen LogP contribution in [0.4, 0.5) is 11.6 Å². The van der Waals surface area contributed by atoms with Crippen molar-refractivity contribution in [1.82, 2.24) is 0 Å². The van der Waals surface area contributed by atoms with Crippen LogP contribution in [0, 0.1) is 10.1 Å². The lowest BCUT2D eigenvalue weighted by molar-refractivity contribution is -0.402. The Balaban J connectivity index is 1.89. The van der Waals surface area contributed by atoms with E-state index < -0.39 is 29.3 Å². The molecule has 0 unspecified atom stereocenters. The molecule has 10 heteroatoms. The van der Waals surface area contributed by atoms with Crippen molar-refractivity contribution in [2.45, 2.75) is 0 Å². The minimum Gasteiger partial charge on any atom is -0.450 e. The summed E-state index contributed by atoms with van der Waals surface area (Å²) in [6.45, 7) is -0.604. The molecule has 0 atom stereocenters. The van der Waals surface area contributed by atoms with Crippen LogP contribution in [0.2, 0.25) is 10.0 Å². The third kappa shape index (κ3) is 4.44. The molecule has 23 heavy (non-hydrogen) atoms. The molecule has 0 aliphatic rings. The average molecular weight is 359 g/mol. The molecule has 0 radical (unpaired) electrons. The summed E-state index contributed by atoms with van der Waals surface area (Å²) >= 11 is 11.5. The monoisotopic (exact) mass is 358 g/mol. The molecule has 0 aliphatic carbocycles. The molecule has 1 aromatic carbocycles. The van der Waals surface area contributed by atoms with Gasteiger partial charge in [0.1, 0.15) is 4.92 Å². The van der Waals surface area contributed by atoms with Crippen molar-refractivity contribution in [2.75, 3.05) is 11.9 Å². The first-order chi connectivity index (χ1) is 10.9. The van der Waals surface area contributed by atoms with Crippen LogP contribution >= 0.6 is 23.2 Å². The lowest BCUT2D eigenvalue weighted by Gasteiger charge is -2.06. The van der Waals surface area contributed by atoms with E-state index in [1.165, 1.54) is 18.2 Å². The Bertz CT molecular complexity index is 774. The molecule has 120 valence electrons. The molecule has 1 heterocycles. The first-order valence-electron chi connectivity index (χ1n) is 6.03. The second kappa shape index (κ2) is 7.12. The second-order valence-electron chi connectivity index (χ2n) is 4.15. The predicted octanol–water partition coefficient (Wildman–Crippen LogP) is 3.29. The summed E-state index contributed by atoms with van der Waals surface area (Å²) < 4.78 is 9.33. The highest BCUT2D eigenvalue weighted by Gasteiger charge is 2.19. The van der Waals surface area contributed by atoms with Crippen molar-refractivity contribution in [2.24, 2.45) is 0 Å². The summed E-state index contributed by atoms with van der Waals surface area (Å²) in [6, 6.07) is 6.53. The number of benzene rings is 1. The van der Waals surface area contributed by atoms with E-state index in [-0.39, 0.29) is 10.8 Å². The van der Waals surface area contributed by atoms with Gasteiger partial charge in [0.25, 0.3) is 5.91 Å². The number of nitrogens with zero attached hydrogens (tertiary/aromatic N) is 1.